The Morgan fingerprint density at radius 2 is 2.07 bits per heavy atom. The van der Waals surface area contributed by atoms with E-state index in [-0.39, 0.29) is 35.5 Å². The fraction of sp³-hybridized carbons (Fsp3) is 0.400. The van der Waals surface area contributed by atoms with Crippen molar-refractivity contribution in [3.05, 3.63) is 62.8 Å². The Hall–Kier alpha value is -3.23. The first-order valence-corrected chi connectivity index (χ1v) is 9.51. The molecule has 1 aliphatic rings. The summed E-state index contributed by atoms with van der Waals surface area (Å²) >= 11 is 0. The summed E-state index contributed by atoms with van der Waals surface area (Å²) in [6.07, 6.45) is 3.64. The van der Waals surface area contributed by atoms with Crippen LogP contribution in [0.25, 0.3) is 11.2 Å². The molecule has 8 nitrogen and oxygen atoms in total. The normalized spacial score (nSPS) is 16.7. The number of nitrogens with zero attached hydrogens (tertiary/aromatic N) is 5. The highest BCUT2D eigenvalue weighted by molar-refractivity contribution is 5.77. The first-order chi connectivity index (χ1) is 13.9. The fourth-order valence-corrected chi connectivity index (χ4v) is 4.07. The standard InChI is InChI=1S/C20H22FN5O3/c1-23-12-22-18-17(23)19(28)26(20(29)24(18)2)11-16(27)25-8-4-7-15(25)10-13-5-3-6-14(21)9-13/h3,5-6,9,12,15H,4,7-8,10-11H2,1-2H3. The van der Waals surface area contributed by atoms with Gasteiger partial charge in [0, 0.05) is 26.7 Å². The number of carbonyl (C=O) groups excluding carboxylic acids is 1. The lowest BCUT2D eigenvalue weighted by Crippen LogP contribution is -2.46. The van der Waals surface area contributed by atoms with Gasteiger partial charge in [-0.15, -0.1) is 0 Å². The number of hydrogen-bond donors (Lipinski definition) is 0. The number of hydrogen-bond acceptors (Lipinski definition) is 4. The summed E-state index contributed by atoms with van der Waals surface area (Å²) in [5.41, 5.74) is 0.279. The van der Waals surface area contributed by atoms with Crippen LogP contribution in [-0.2, 0) is 31.9 Å². The van der Waals surface area contributed by atoms with E-state index in [4.69, 9.17) is 0 Å². The number of aryl methyl sites for hydroxylation is 2. The van der Waals surface area contributed by atoms with Gasteiger partial charge in [0.05, 0.1) is 6.33 Å². The van der Waals surface area contributed by atoms with E-state index < -0.39 is 11.2 Å². The SMILES string of the molecule is Cn1cnc2c1c(=O)n(CC(=O)N1CCCC1Cc1cccc(F)c1)c(=O)n2C. The Morgan fingerprint density at radius 1 is 1.28 bits per heavy atom. The van der Waals surface area contributed by atoms with Crippen LogP contribution in [0.3, 0.4) is 0 Å². The number of carbonyl (C=O) groups is 1. The van der Waals surface area contributed by atoms with E-state index in [1.54, 1.807) is 22.6 Å². The molecule has 1 saturated heterocycles. The predicted molar refractivity (Wildman–Crippen MR) is 105 cm³/mol. The van der Waals surface area contributed by atoms with Crippen LogP contribution >= 0.6 is 0 Å². The van der Waals surface area contributed by atoms with Crippen LogP contribution in [0.5, 0.6) is 0 Å². The Bertz CT molecular complexity index is 1210. The molecule has 1 amide bonds. The number of imidazole rings is 1. The van der Waals surface area contributed by atoms with Gasteiger partial charge >= 0.3 is 5.69 Å². The molecule has 0 N–H and O–H groups in total. The molecule has 2 aromatic heterocycles. The molecule has 4 rings (SSSR count). The number of likely N-dealkylation sites (tertiary alicyclic amines) is 1. The molecule has 3 heterocycles. The summed E-state index contributed by atoms with van der Waals surface area (Å²) in [7, 11) is 3.20. The second kappa shape index (κ2) is 7.31. The van der Waals surface area contributed by atoms with Gasteiger partial charge in [-0.05, 0) is 37.0 Å². The summed E-state index contributed by atoms with van der Waals surface area (Å²) in [6.45, 7) is 0.230. The zero-order valence-electron chi connectivity index (χ0n) is 16.3. The topological polar surface area (TPSA) is 82.1 Å². The lowest BCUT2D eigenvalue weighted by molar-refractivity contribution is -0.132. The number of aromatic nitrogens is 4. The first-order valence-electron chi connectivity index (χ1n) is 9.51. The summed E-state index contributed by atoms with van der Waals surface area (Å²) in [4.78, 5) is 44.2. The summed E-state index contributed by atoms with van der Waals surface area (Å²) in [5, 5.41) is 0. The minimum absolute atomic E-state index is 0.0794. The number of amides is 1. The summed E-state index contributed by atoms with van der Waals surface area (Å²) in [5.74, 6) is -0.595. The molecule has 1 atom stereocenters. The smallest absolute Gasteiger partial charge is 0.332 e. The van der Waals surface area contributed by atoms with Crippen LogP contribution in [0.2, 0.25) is 0 Å². The van der Waals surface area contributed by atoms with Crippen LogP contribution in [-0.4, -0.2) is 42.1 Å². The molecule has 0 bridgehead atoms. The minimum atomic E-state index is -0.574. The zero-order chi connectivity index (χ0) is 20.7. The lowest BCUT2D eigenvalue weighted by atomic mass is 10.0. The number of halogens is 1. The Morgan fingerprint density at radius 3 is 2.83 bits per heavy atom. The molecule has 0 radical (unpaired) electrons. The molecule has 0 aliphatic carbocycles. The molecule has 1 aromatic carbocycles. The van der Waals surface area contributed by atoms with Crippen molar-refractivity contribution in [3.63, 3.8) is 0 Å². The monoisotopic (exact) mass is 399 g/mol. The quantitative estimate of drug-likeness (QED) is 0.650. The molecule has 1 unspecified atom stereocenters. The highest BCUT2D eigenvalue weighted by atomic mass is 19.1. The summed E-state index contributed by atoms with van der Waals surface area (Å²) in [6, 6.07) is 6.26. The molecule has 1 aliphatic heterocycles. The average molecular weight is 399 g/mol. The van der Waals surface area contributed by atoms with E-state index in [1.807, 2.05) is 6.07 Å². The van der Waals surface area contributed by atoms with Crippen LogP contribution in [0.4, 0.5) is 4.39 Å². The number of rotatable bonds is 4. The van der Waals surface area contributed by atoms with Crippen molar-refractivity contribution in [2.75, 3.05) is 6.54 Å². The van der Waals surface area contributed by atoms with Crippen molar-refractivity contribution in [2.24, 2.45) is 14.1 Å². The first kappa shape index (κ1) is 19.1. The molecule has 0 spiro atoms. The third-order valence-electron chi connectivity index (χ3n) is 5.55. The second-order valence-corrected chi connectivity index (χ2v) is 7.48. The maximum atomic E-state index is 13.5. The van der Waals surface area contributed by atoms with E-state index in [2.05, 4.69) is 4.98 Å². The minimum Gasteiger partial charge on any atom is -0.338 e. The molecule has 3 aromatic rings. The third kappa shape index (κ3) is 3.37. The van der Waals surface area contributed by atoms with Crippen LogP contribution < -0.4 is 11.2 Å². The van der Waals surface area contributed by atoms with Crippen molar-refractivity contribution in [1.29, 1.82) is 0 Å². The van der Waals surface area contributed by atoms with E-state index in [0.717, 1.165) is 23.0 Å². The third-order valence-corrected chi connectivity index (χ3v) is 5.55. The fourth-order valence-electron chi connectivity index (χ4n) is 4.07. The van der Waals surface area contributed by atoms with E-state index in [1.165, 1.54) is 30.1 Å². The van der Waals surface area contributed by atoms with Crippen LogP contribution in [0, 0.1) is 5.82 Å². The zero-order valence-corrected chi connectivity index (χ0v) is 16.3. The van der Waals surface area contributed by atoms with Crippen molar-refractivity contribution < 1.29 is 9.18 Å². The molecule has 152 valence electrons. The maximum absolute atomic E-state index is 13.5. The lowest BCUT2D eigenvalue weighted by Gasteiger charge is -2.25. The van der Waals surface area contributed by atoms with Crippen molar-refractivity contribution in [2.45, 2.75) is 31.8 Å². The van der Waals surface area contributed by atoms with Crippen molar-refractivity contribution in [1.82, 2.24) is 23.6 Å². The van der Waals surface area contributed by atoms with E-state index in [9.17, 15) is 18.8 Å². The van der Waals surface area contributed by atoms with Gasteiger partial charge in [-0.2, -0.15) is 0 Å². The van der Waals surface area contributed by atoms with Gasteiger partial charge in [0.1, 0.15) is 12.4 Å². The Labute approximate surface area is 165 Å². The molecular formula is C20H22FN5O3. The van der Waals surface area contributed by atoms with Gasteiger partial charge in [0.15, 0.2) is 11.2 Å². The highest BCUT2D eigenvalue weighted by Crippen LogP contribution is 2.22. The Kier molecular flexibility index (Phi) is 4.81. The highest BCUT2D eigenvalue weighted by Gasteiger charge is 2.30. The maximum Gasteiger partial charge on any atom is 0.332 e. The van der Waals surface area contributed by atoms with Crippen LogP contribution in [0.1, 0.15) is 18.4 Å². The average Bonchev–Trinajstić information content (AvgIpc) is 3.30. The van der Waals surface area contributed by atoms with E-state index >= 15 is 0 Å². The molecule has 9 heteroatoms. The molecular weight excluding hydrogens is 377 g/mol. The predicted octanol–water partition coefficient (Wildman–Crippen LogP) is 0.806. The number of benzene rings is 1. The second-order valence-electron chi connectivity index (χ2n) is 7.48. The van der Waals surface area contributed by atoms with E-state index in [0.29, 0.717) is 13.0 Å². The van der Waals surface area contributed by atoms with Crippen molar-refractivity contribution >= 4 is 17.1 Å². The van der Waals surface area contributed by atoms with Gasteiger partial charge in [-0.1, -0.05) is 12.1 Å². The molecule has 0 saturated carbocycles. The van der Waals surface area contributed by atoms with Crippen LogP contribution in [0.15, 0.2) is 40.2 Å². The summed E-state index contributed by atoms with van der Waals surface area (Å²) < 4.78 is 17.3. The molecule has 1 fully saturated rings. The van der Waals surface area contributed by atoms with Gasteiger partial charge in [-0.3, -0.25) is 14.2 Å². The molecule has 29 heavy (non-hydrogen) atoms. The van der Waals surface area contributed by atoms with Gasteiger partial charge in [0.2, 0.25) is 5.91 Å². The number of fused-ring (bicyclic) bond motifs is 1. The van der Waals surface area contributed by atoms with Crippen molar-refractivity contribution in [3.8, 4) is 0 Å². The Balaban J connectivity index is 1.61. The van der Waals surface area contributed by atoms with Gasteiger partial charge in [-0.25, -0.2) is 18.7 Å². The largest absolute Gasteiger partial charge is 0.338 e. The van der Waals surface area contributed by atoms with Gasteiger partial charge in [0.25, 0.3) is 5.56 Å². The van der Waals surface area contributed by atoms with Gasteiger partial charge < -0.3 is 9.47 Å².